The van der Waals surface area contributed by atoms with Crippen molar-refractivity contribution in [3.63, 3.8) is 0 Å². The molecule has 0 saturated heterocycles. The third-order valence-corrected chi connectivity index (χ3v) is 3.94. The second-order valence-corrected chi connectivity index (χ2v) is 6.03. The van der Waals surface area contributed by atoms with Crippen molar-refractivity contribution in [1.82, 2.24) is 9.97 Å². The van der Waals surface area contributed by atoms with E-state index < -0.39 is 10.8 Å². The number of halogens is 2. The molecule has 3 nitrogen and oxygen atoms in total. The van der Waals surface area contributed by atoms with Gasteiger partial charge in [0.1, 0.15) is 11.6 Å². The number of benzene rings is 2. The number of hydrogen-bond donors (Lipinski definition) is 1. The lowest BCUT2D eigenvalue weighted by atomic mass is 10.1. The van der Waals surface area contributed by atoms with E-state index in [9.17, 15) is 13.0 Å². The van der Waals surface area contributed by atoms with Crippen molar-refractivity contribution >= 4 is 10.8 Å². The summed E-state index contributed by atoms with van der Waals surface area (Å²) in [4.78, 5) is 7.34. The average Bonchev–Trinajstić information content (AvgIpc) is 2.94. The van der Waals surface area contributed by atoms with Crippen LogP contribution in [0.5, 0.6) is 0 Å². The zero-order chi connectivity index (χ0) is 15.7. The minimum absolute atomic E-state index is 0.318. The van der Waals surface area contributed by atoms with E-state index in [1.54, 1.807) is 24.3 Å². The van der Waals surface area contributed by atoms with Crippen LogP contribution in [0.1, 0.15) is 0 Å². The van der Waals surface area contributed by atoms with Gasteiger partial charge in [-0.1, -0.05) is 0 Å². The Hall–Kier alpha value is -2.34. The predicted octanol–water partition coefficient (Wildman–Crippen LogP) is 3.76. The molecule has 3 aromatic rings. The molecule has 1 aromatic heterocycles. The Morgan fingerprint density at radius 3 is 1.91 bits per heavy atom. The summed E-state index contributed by atoms with van der Waals surface area (Å²) in [5.41, 5.74) is 2.58. The summed E-state index contributed by atoms with van der Waals surface area (Å²) >= 11 is 0. The van der Waals surface area contributed by atoms with Gasteiger partial charge in [-0.3, -0.25) is 4.21 Å². The minimum Gasteiger partial charge on any atom is -0.330 e. The molecule has 0 fully saturated rings. The molecule has 0 spiro atoms. The maximum atomic E-state index is 13.1. The average molecular weight is 318 g/mol. The van der Waals surface area contributed by atoms with Gasteiger partial charge in [-0.25, -0.2) is 13.8 Å². The van der Waals surface area contributed by atoms with Crippen LogP contribution in [0.15, 0.2) is 53.7 Å². The summed E-state index contributed by atoms with van der Waals surface area (Å²) in [5, 5.41) is 0.318. The molecule has 0 aliphatic carbocycles. The number of nitrogens with zero attached hydrogens (tertiary/aromatic N) is 1. The molecule has 112 valence electrons. The second-order valence-electron chi connectivity index (χ2n) is 4.73. The highest BCUT2D eigenvalue weighted by Crippen LogP contribution is 2.31. The standard InChI is InChI=1S/C16H12F2N2OS/c1-22(21)16-19-14(10-2-6-12(17)7-3-10)15(20-16)11-4-8-13(18)9-5-11/h2-9H,1H3,(H,19,20). The van der Waals surface area contributed by atoms with Crippen LogP contribution in [0.25, 0.3) is 22.5 Å². The minimum atomic E-state index is -1.29. The normalized spacial score (nSPS) is 12.3. The van der Waals surface area contributed by atoms with Gasteiger partial charge < -0.3 is 4.98 Å². The fraction of sp³-hybridized carbons (Fsp3) is 0.0625. The van der Waals surface area contributed by atoms with Gasteiger partial charge in [-0.05, 0) is 48.5 Å². The Balaban J connectivity index is 2.17. The largest absolute Gasteiger partial charge is 0.330 e. The summed E-state index contributed by atoms with van der Waals surface area (Å²) in [7, 11) is -1.29. The number of aromatic nitrogens is 2. The topological polar surface area (TPSA) is 45.8 Å². The highest BCUT2D eigenvalue weighted by Gasteiger charge is 2.16. The van der Waals surface area contributed by atoms with Crippen molar-refractivity contribution in [2.45, 2.75) is 5.16 Å². The SMILES string of the molecule is CS(=O)c1nc(-c2ccc(F)cc2)c(-c2ccc(F)cc2)[nH]1. The lowest BCUT2D eigenvalue weighted by Gasteiger charge is -2.03. The molecule has 1 N–H and O–H groups in total. The molecule has 3 rings (SSSR count). The van der Waals surface area contributed by atoms with Gasteiger partial charge in [0.15, 0.2) is 5.16 Å². The van der Waals surface area contributed by atoms with Crippen molar-refractivity contribution in [2.24, 2.45) is 0 Å². The summed E-state index contributed by atoms with van der Waals surface area (Å²) in [6, 6.07) is 11.8. The fourth-order valence-corrected chi connectivity index (χ4v) is 2.60. The van der Waals surface area contributed by atoms with Gasteiger partial charge in [0, 0.05) is 17.4 Å². The first kappa shape index (κ1) is 14.6. The molecular formula is C16H12F2N2OS. The zero-order valence-electron chi connectivity index (χ0n) is 11.6. The fourth-order valence-electron chi connectivity index (χ4n) is 2.13. The van der Waals surface area contributed by atoms with E-state index in [4.69, 9.17) is 0 Å². The number of aromatic amines is 1. The Morgan fingerprint density at radius 1 is 0.909 bits per heavy atom. The van der Waals surface area contributed by atoms with Crippen molar-refractivity contribution in [2.75, 3.05) is 6.26 Å². The van der Waals surface area contributed by atoms with Crippen LogP contribution in [-0.4, -0.2) is 20.4 Å². The second kappa shape index (κ2) is 5.81. The van der Waals surface area contributed by atoms with Crippen LogP contribution < -0.4 is 0 Å². The van der Waals surface area contributed by atoms with Crippen LogP contribution >= 0.6 is 0 Å². The third-order valence-electron chi connectivity index (χ3n) is 3.20. The van der Waals surface area contributed by atoms with Crippen LogP contribution in [-0.2, 0) is 10.8 Å². The molecule has 0 aliphatic heterocycles. The maximum Gasteiger partial charge on any atom is 0.197 e. The van der Waals surface area contributed by atoms with Crippen molar-refractivity contribution in [3.05, 3.63) is 60.2 Å². The van der Waals surface area contributed by atoms with Gasteiger partial charge >= 0.3 is 0 Å². The molecule has 1 unspecified atom stereocenters. The van der Waals surface area contributed by atoms with Crippen LogP contribution in [0.4, 0.5) is 8.78 Å². The number of rotatable bonds is 3. The number of nitrogens with one attached hydrogen (secondary N) is 1. The number of H-pyrrole nitrogens is 1. The molecule has 0 bridgehead atoms. The van der Waals surface area contributed by atoms with Gasteiger partial charge in [0.25, 0.3) is 0 Å². The van der Waals surface area contributed by atoms with E-state index in [0.717, 1.165) is 0 Å². The van der Waals surface area contributed by atoms with Gasteiger partial charge in [-0.2, -0.15) is 0 Å². The summed E-state index contributed by atoms with van der Waals surface area (Å²) in [6.07, 6.45) is 1.52. The van der Waals surface area contributed by atoms with E-state index >= 15 is 0 Å². The van der Waals surface area contributed by atoms with Crippen LogP contribution in [0.2, 0.25) is 0 Å². The molecule has 0 aliphatic rings. The number of imidazole rings is 1. The monoisotopic (exact) mass is 318 g/mol. The van der Waals surface area contributed by atoms with E-state index in [-0.39, 0.29) is 11.6 Å². The Bertz CT molecular complexity index is 763. The highest BCUT2D eigenvalue weighted by atomic mass is 32.2. The van der Waals surface area contributed by atoms with Gasteiger partial charge in [0.05, 0.1) is 22.2 Å². The summed E-state index contributed by atoms with van der Waals surface area (Å²) in [5.74, 6) is -0.687. The first-order valence-corrected chi connectivity index (χ1v) is 8.06. The summed E-state index contributed by atoms with van der Waals surface area (Å²) < 4.78 is 37.9. The number of hydrogen-bond acceptors (Lipinski definition) is 2. The molecule has 1 atom stereocenters. The van der Waals surface area contributed by atoms with E-state index in [2.05, 4.69) is 9.97 Å². The van der Waals surface area contributed by atoms with Gasteiger partial charge in [-0.15, -0.1) is 0 Å². The van der Waals surface area contributed by atoms with Gasteiger partial charge in [0.2, 0.25) is 0 Å². The quantitative estimate of drug-likeness (QED) is 0.799. The molecule has 0 radical (unpaired) electrons. The van der Waals surface area contributed by atoms with Crippen molar-refractivity contribution < 1.29 is 13.0 Å². The maximum absolute atomic E-state index is 13.1. The molecule has 2 aromatic carbocycles. The highest BCUT2D eigenvalue weighted by molar-refractivity contribution is 7.84. The molecule has 0 amide bonds. The van der Waals surface area contributed by atoms with Crippen molar-refractivity contribution in [3.8, 4) is 22.5 Å². The van der Waals surface area contributed by atoms with Crippen molar-refractivity contribution in [1.29, 1.82) is 0 Å². The molecule has 0 saturated carbocycles. The molecule has 6 heteroatoms. The Labute approximate surface area is 128 Å². The predicted molar refractivity (Wildman–Crippen MR) is 81.7 cm³/mol. The smallest absolute Gasteiger partial charge is 0.197 e. The van der Waals surface area contributed by atoms with E-state index in [1.165, 1.54) is 30.5 Å². The lowest BCUT2D eigenvalue weighted by molar-refractivity contribution is 0.627. The first-order valence-electron chi connectivity index (χ1n) is 6.50. The first-order chi connectivity index (χ1) is 10.5. The van der Waals surface area contributed by atoms with E-state index in [0.29, 0.717) is 27.7 Å². The van der Waals surface area contributed by atoms with E-state index in [1.807, 2.05) is 0 Å². The third kappa shape index (κ3) is 2.82. The molecule has 22 heavy (non-hydrogen) atoms. The molecule has 1 heterocycles. The van der Waals surface area contributed by atoms with Crippen LogP contribution in [0, 0.1) is 11.6 Å². The Morgan fingerprint density at radius 2 is 1.41 bits per heavy atom. The molecular weight excluding hydrogens is 306 g/mol. The zero-order valence-corrected chi connectivity index (χ0v) is 12.5. The lowest BCUT2D eigenvalue weighted by Crippen LogP contribution is -1.89. The van der Waals surface area contributed by atoms with Crippen LogP contribution in [0.3, 0.4) is 0 Å². The Kier molecular flexibility index (Phi) is 3.85. The summed E-state index contributed by atoms with van der Waals surface area (Å²) in [6.45, 7) is 0.